The molecule has 1 saturated heterocycles. The summed E-state index contributed by atoms with van der Waals surface area (Å²) in [5.74, 6) is -0.0222. The van der Waals surface area contributed by atoms with Gasteiger partial charge in [-0.25, -0.2) is 9.59 Å². The molecule has 2 atom stereocenters. The van der Waals surface area contributed by atoms with Gasteiger partial charge in [-0.15, -0.1) is 0 Å². The molecule has 2 aromatic rings. The zero-order valence-corrected chi connectivity index (χ0v) is 22.0. The number of amides is 2. The fourth-order valence-electron chi connectivity index (χ4n) is 5.64. The van der Waals surface area contributed by atoms with Gasteiger partial charge in [-0.05, 0) is 71.1 Å². The number of esters is 1. The Hall–Kier alpha value is -3.03. The third-order valence-electron chi connectivity index (χ3n) is 7.26. The molecule has 0 spiro atoms. The average molecular weight is 499 g/mol. The molecular weight excluding hydrogens is 460 g/mol. The quantitative estimate of drug-likeness (QED) is 0.503. The van der Waals surface area contributed by atoms with Crippen LogP contribution in [0.15, 0.2) is 22.6 Å². The van der Waals surface area contributed by atoms with Gasteiger partial charge in [0, 0.05) is 23.2 Å². The lowest BCUT2D eigenvalue weighted by atomic mass is 9.76. The number of hydrogen-bond acceptors (Lipinski definition) is 6. The highest BCUT2D eigenvalue weighted by Crippen LogP contribution is 2.40. The third kappa shape index (κ3) is 5.52. The van der Waals surface area contributed by atoms with Crippen LogP contribution < -0.4 is 5.32 Å². The molecular formula is C28H38N2O6. The Morgan fingerprint density at radius 1 is 1.11 bits per heavy atom. The minimum atomic E-state index is -0.637. The lowest BCUT2D eigenvalue weighted by Gasteiger charge is -2.34. The zero-order valence-electron chi connectivity index (χ0n) is 22.0. The van der Waals surface area contributed by atoms with Gasteiger partial charge < -0.3 is 19.2 Å². The molecule has 2 fully saturated rings. The molecule has 2 amide bonds. The predicted molar refractivity (Wildman–Crippen MR) is 137 cm³/mol. The Balaban J connectivity index is 1.59. The highest BCUT2D eigenvalue weighted by molar-refractivity contribution is 6.01. The minimum absolute atomic E-state index is 0.104. The Labute approximate surface area is 212 Å². The SMILES string of the molecule is CCOC(=O)c1oc2ccc(NC(=O)[C@@H]3[C@H](C4CCCCC4)CCN3C(=O)OC(C)(C)C)cc2c1C. The minimum Gasteiger partial charge on any atom is -0.460 e. The number of carbonyl (C=O) groups is 3. The van der Waals surface area contributed by atoms with Gasteiger partial charge in [0.05, 0.1) is 6.61 Å². The molecule has 0 bridgehead atoms. The summed E-state index contributed by atoms with van der Waals surface area (Å²) in [6.07, 6.45) is 6.10. The van der Waals surface area contributed by atoms with E-state index in [1.54, 1.807) is 36.9 Å². The van der Waals surface area contributed by atoms with Crippen molar-refractivity contribution in [3.8, 4) is 0 Å². The average Bonchev–Trinajstić information content (AvgIpc) is 3.41. The van der Waals surface area contributed by atoms with Crippen LogP contribution in [0.1, 0.15) is 82.3 Å². The highest BCUT2D eigenvalue weighted by Gasteiger charge is 2.46. The molecule has 8 heteroatoms. The number of carbonyl (C=O) groups excluding carboxylic acids is 3. The van der Waals surface area contributed by atoms with E-state index in [1.807, 2.05) is 20.8 Å². The third-order valence-corrected chi connectivity index (χ3v) is 7.26. The number of furan rings is 1. The van der Waals surface area contributed by atoms with E-state index >= 15 is 0 Å². The molecule has 0 unspecified atom stereocenters. The van der Waals surface area contributed by atoms with E-state index in [0.29, 0.717) is 29.3 Å². The normalized spacial score (nSPS) is 21.0. The van der Waals surface area contributed by atoms with Gasteiger partial charge in [-0.3, -0.25) is 9.69 Å². The Morgan fingerprint density at radius 2 is 1.83 bits per heavy atom. The fourth-order valence-corrected chi connectivity index (χ4v) is 5.64. The van der Waals surface area contributed by atoms with Crippen molar-refractivity contribution in [2.45, 2.75) is 84.8 Å². The van der Waals surface area contributed by atoms with Gasteiger partial charge in [0.2, 0.25) is 11.7 Å². The molecule has 1 aromatic carbocycles. The molecule has 1 aliphatic carbocycles. The number of nitrogens with zero attached hydrogens (tertiary/aromatic N) is 1. The summed E-state index contributed by atoms with van der Waals surface area (Å²) in [7, 11) is 0. The molecule has 4 rings (SSSR count). The van der Waals surface area contributed by atoms with E-state index < -0.39 is 23.7 Å². The Morgan fingerprint density at radius 3 is 2.50 bits per heavy atom. The summed E-state index contributed by atoms with van der Waals surface area (Å²) in [6, 6.07) is 4.70. The summed E-state index contributed by atoms with van der Waals surface area (Å²) in [5, 5.41) is 3.77. The van der Waals surface area contributed by atoms with E-state index in [4.69, 9.17) is 13.9 Å². The number of benzene rings is 1. The molecule has 196 valence electrons. The standard InChI is InChI=1S/C28H38N2O6/c1-6-34-26(32)24-17(2)21-16-19(12-13-22(21)35-24)29-25(31)23-20(18-10-8-7-9-11-18)14-15-30(23)27(33)36-28(3,4)5/h12-13,16,18,20,23H,6-11,14-15H2,1-5H3,(H,29,31)/t20-,23-/m0/s1. The zero-order chi connectivity index (χ0) is 26.0. The van der Waals surface area contributed by atoms with Crippen molar-refractivity contribution < 1.29 is 28.3 Å². The molecule has 2 heterocycles. The predicted octanol–water partition coefficient (Wildman–Crippen LogP) is 6.06. The van der Waals surface area contributed by atoms with Crippen LogP contribution in [0.4, 0.5) is 10.5 Å². The van der Waals surface area contributed by atoms with Crippen molar-refractivity contribution in [3.05, 3.63) is 29.5 Å². The first kappa shape index (κ1) is 26.0. The van der Waals surface area contributed by atoms with E-state index in [1.165, 1.54) is 19.3 Å². The summed E-state index contributed by atoms with van der Waals surface area (Å²) in [6.45, 7) is 9.81. The number of nitrogens with one attached hydrogen (secondary N) is 1. The van der Waals surface area contributed by atoms with Crippen molar-refractivity contribution in [2.75, 3.05) is 18.5 Å². The van der Waals surface area contributed by atoms with Crippen LogP contribution in [0.3, 0.4) is 0 Å². The topological polar surface area (TPSA) is 98.1 Å². The lowest BCUT2D eigenvalue weighted by molar-refractivity contribution is -0.122. The number of hydrogen-bond donors (Lipinski definition) is 1. The van der Waals surface area contributed by atoms with Crippen LogP contribution >= 0.6 is 0 Å². The van der Waals surface area contributed by atoms with E-state index in [2.05, 4.69) is 5.32 Å². The molecule has 1 N–H and O–H groups in total. The van der Waals surface area contributed by atoms with Crippen LogP contribution in [0, 0.1) is 18.8 Å². The molecule has 36 heavy (non-hydrogen) atoms. The second-order valence-corrected chi connectivity index (χ2v) is 10.9. The van der Waals surface area contributed by atoms with Crippen molar-refractivity contribution in [2.24, 2.45) is 11.8 Å². The van der Waals surface area contributed by atoms with E-state index in [-0.39, 0.29) is 24.2 Å². The van der Waals surface area contributed by atoms with Gasteiger partial charge in [-0.1, -0.05) is 32.1 Å². The smallest absolute Gasteiger partial charge is 0.410 e. The first-order chi connectivity index (χ1) is 17.1. The first-order valence-corrected chi connectivity index (χ1v) is 13.1. The lowest BCUT2D eigenvalue weighted by Crippen LogP contribution is -2.49. The van der Waals surface area contributed by atoms with Gasteiger partial charge in [0.25, 0.3) is 0 Å². The van der Waals surface area contributed by atoms with E-state index in [0.717, 1.165) is 24.6 Å². The number of likely N-dealkylation sites (tertiary alicyclic amines) is 1. The second-order valence-electron chi connectivity index (χ2n) is 10.9. The van der Waals surface area contributed by atoms with Gasteiger partial charge in [0.1, 0.15) is 17.2 Å². The van der Waals surface area contributed by atoms with Crippen LogP contribution in [-0.4, -0.2) is 47.7 Å². The van der Waals surface area contributed by atoms with Gasteiger partial charge in [0.15, 0.2) is 0 Å². The monoisotopic (exact) mass is 498 g/mol. The van der Waals surface area contributed by atoms with Gasteiger partial charge in [-0.2, -0.15) is 0 Å². The molecule has 0 radical (unpaired) electrons. The summed E-state index contributed by atoms with van der Waals surface area (Å²) in [4.78, 5) is 40.6. The number of anilines is 1. The van der Waals surface area contributed by atoms with Crippen LogP contribution in [-0.2, 0) is 14.3 Å². The van der Waals surface area contributed by atoms with Gasteiger partial charge >= 0.3 is 12.1 Å². The van der Waals surface area contributed by atoms with Crippen molar-refractivity contribution in [1.82, 2.24) is 4.90 Å². The molecule has 2 aliphatic rings. The van der Waals surface area contributed by atoms with Crippen LogP contribution in [0.25, 0.3) is 11.0 Å². The maximum atomic E-state index is 13.7. The fraction of sp³-hybridized carbons (Fsp3) is 0.607. The number of fused-ring (bicyclic) bond motifs is 1. The molecule has 1 aliphatic heterocycles. The van der Waals surface area contributed by atoms with Crippen molar-refractivity contribution >= 4 is 34.6 Å². The molecule has 1 saturated carbocycles. The van der Waals surface area contributed by atoms with E-state index in [9.17, 15) is 14.4 Å². The van der Waals surface area contributed by atoms with Crippen molar-refractivity contribution in [3.63, 3.8) is 0 Å². The number of ether oxygens (including phenoxy) is 2. The first-order valence-electron chi connectivity index (χ1n) is 13.1. The Kier molecular flexibility index (Phi) is 7.62. The maximum absolute atomic E-state index is 13.7. The number of aryl methyl sites for hydroxylation is 1. The summed E-state index contributed by atoms with van der Waals surface area (Å²) < 4.78 is 16.5. The van der Waals surface area contributed by atoms with Crippen LogP contribution in [0.5, 0.6) is 0 Å². The summed E-state index contributed by atoms with van der Waals surface area (Å²) >= 11 is 0. The molecule has 8 nitrogen and oxygen atoms in total. The van der Waals surface area contributed by atoms with Crippen molar-refractivity contribution in [1.29, 1.82) is 0 Å². The molecule has 1 aromatic heterocycles. The highest BCUT2D eigenvalue weighted by atomic mass is 16.6. The number of rotatable bonds is 5. The second kappa shape index (κ2) is 10.5. The largest absolute Gasteiger partial charge is 0.460 e. The Bertz CT molecular complexity index is 1120. The van der Waals surface area contributed by atoms with Crippen LogP contribution in [0.2, 0.25) is 0 Å². The maximum Gasteiger partial charge on any atom is 0.410 e. The summed E-state index contributed by atoms with van der Waals surface area (Å²) in [5.41, 5.74) is 1.16.